The normalized spacial score (nSPS) is 11.7. The van der Waals surface area contributed by atoms with Gasteiger partial charge in [-0.1, -0.05) is 0 Å². The van der Waals surface area contributed by atoms with Crippen LogP contribution < -0.4 is 11.1 Å². The lowest BCUT2D eigenvalue weighted by Crippen LogP contribution is -2.38. The van der Waals surface area contributed by atoms with Crippen LogP contribution in [0.5, 0.6) is 0 Å². The number of thioether (sulfide) groups is 1. The van der Waals surface area contributed by atoms with Gasteiger partial charge in [0.2, 0.25) is 5.91 Å². The van der Waals surface area contributed by atoms with Crippen molar-refractivity contribution in [2.75, 3.05) is 12.0 Å². The van der Waals surface area contributed by atoms with Crippen LogP contribution in [0.3, 0.4) is 0 Å². The molecule has 0 radical (unpaired) electrons. The van der Waals surface area contributed by atoms with Gasteiger partial charge in [-0.05, 0) is 18.4 Å². The summed E-state index contributed by atoms with van der Waals surface area (Å²) in [5, 5.41) is 10.1. The number of amides is 1. The summed E-state index contributed by atoms with van der Waals surface area (Å²) in [7, 11) is 0. The van der Waals surface area contributed by atoms with E-state index in [2.05, 4.69) is 0 Å². The molecule has 62 valence electrons. The molecule has 0 bridgehead atoms. The SMILES string of the molecule is CSCC[C@H](N)C(=O)NC#N. The van der Waals surface area contributed by atoms with Gasteiger partial charge in [0.15, 0.2) is 6.19 Å². The quantitative estimate of drug-likeness (QED) is 0.450. The van der Waals surface area contributed by atoms with Gasteiger partial charge in [0.05, 0.1) is 6.04 Å². The van der Waals surface area contributed by atoms with Crippen molar-refractivity contribution in [2.24, 2.45) is 5.73 Å². The second kappa shape index (κ2) is 6.01. The maximum Gasteiger partial charge on any atom is 0.249 e. The van der Waals surface area contributed by atoms with E-state index in [1.54, 1.807) is 11.8 Å². The molecular formula is C6H11N3OS. The summed E-state index contributed by atoms with van der Waals surface area (Å²) >= 11 is 1.62. The molecule has 11 heavy (non-hydrogen) atoms. The highest BCUT2D eigenvalue weighted by Crippen LogP contribution is 1.97. The summed E-state index contributed by atoms with van der Waals surface area (Å²) in [6.07, 6.45) is 4.08. The number of nitrogens with two attached hydrogens (primary N) is 1. The minimum atomic E-state index is -0.554. The van der Waals surface area contributed by atoms with Crippen molar-refractivity contribution in [3.05, 3.63) is 0 Å². The average molecular weight is 173 g/mol. The fraction of sp³-hybridized carbons (Fsp3) is 0.667. The van der Waals surface area contributed by atoms with Crippen LogP contribution in [0.2, 0.25) is 0 Å². The molecule has 4 nitrogen and oxygen atoms in total. The molecule has 0 fully saturated rings. The van der Waals surface area contributed by atoms with Gasteiger partial charge in [0.1, 0.15) is 0 Å². The molecule has 0 aromatic rings. The second-order valence-electron chi connectivity index (χ2n) is 1.99. The second-order valence-corrected chi connectivity index (χ2v) is 2.97. The first-order valence-electron chi connectivity index (χ1n) is 3.15. The monoisotopic (exact) mass is 173 g/mol. The predicted molar refractivity (Wildman–Crippen MR) is 44.7 cm³/mol. The summed E-state index contributed by atoms with van der Waals surface area (Å²) in [6, 6.07) is -0.554. The Kier molecular flexibility index (Phi) is 5.61. The molecule has 0 heterocycles. The number of hydrogen-bond acceptors (Lipinski definition) is 4. The molecule has 1 atom stereocenters. The summed E-state index contributed by atoms with van der Waals surface area (Å²) in [5.74, 6) is 0.432. The van der Waals surface area contributed by atoms with Gasteiger partial charge in [-0.25, -0.2) is 0 Å². The zero-order valence-corrected chi connectivity index (χ0v) is 7.15. The lowest BCUT2D eigenvalue weighted by atomic mass is 10.2. The van der Waals surface area contributed by atoms with Crippen molar-refractivity contribution < 1.29 is 4.79 Å². The van der Waals surface area contributed by atoms with Crippen LogP contribution in [-0.2, 0) is 4.79 Å². The molecule has 0 saturated heterocycles. The molecular weight excluding hydrogens is 162 g/mol. The highest BCUT2D eigenvalue weighted by atomic mass is 32.2. The summed E-state index contributed by atoms with van der Waals surface area (Å²) in [5.41, 5.74) is 5.41. The van der Waals surface area contributed by atoms with Crippen molar-refractivity contribution in [1.82, 2.24) is 5.32 Å². The lowest BCUT2D eigenvalue weighted by molar-refractivity contribution is -0.121. The van der Waals surface area contributed by atoms with Gasteiger partial charge in [0.25, 0.3) is 0 Å². The topological polar surface area (TPSA) is 78.9 Å². The van der Waals surface area contributed by atoms with Crippen molar-refractivity contribution in [1.29, 1.82) is 5.26 Å². The third kappa shape index (κ3) is 4.65. The van der Waals surface area contributed by atoms with Crippen molar-refractivity contribution in [2.45, 2.75) is 12.5 Å². The molecule has 0 aromatic heterocycles. The van der Waals surface area contributed by atoms with E-state index in [0.717, 1.165) is 5.75 Å². The van der Waals surface area contributed by atoms with Crippen LogP contribution >= 0.6 is 11.8 Å². The van der Waals surface area contributed by atoms with Crippen LogP contribution in [0.15, 0.2) is 0 Å². The molecule has 3 N–H and O–H groups in total. The zero-order valence-electron chi connectivity index (χ0n) is 6.33. The van der Waals surface area contributed by atoms with E-state index in [-0.39, 0.29) is 0 Å². The molecule has 0 unspecified atom stereocenters. The minimum Gasteiger partial charge on any atom is -0.320 e. The fourth-order valence-electron chi connectivity index (χ4n) is 0.524. The molecule has 5 heteroatoms. The van der Waals surface area contributed by atoms with Crippen LogP contribution in [0.1, 0.15) is 6.42 Å². The van der Waals surface area contributed by atoms with E-state index in [1.807, 2.05) is 11.6 Å². The molecule has 0 aliphatic rings. The van der Waals surface area contributed by atoms with Crippen molar-refractivity contribution >= 4 is 17.7 Å². The largest absolute Gasteiger partial charge is 0.320 e. The Balaban J connectivity index is 3.57. The molecule has 0 saturated carbocycles. The summed E-state index contributed by atoms with van der Waals surface area (Å²) in [4.78, 5) is 10.8. The van der Waals surface area contributed by atoms with Crippen LogP contribution in [0, 0.1) is 11.5 Å². The van der Waals surface area contributed by atoms with E-state index < -0.39 is 11.9 Å². The smallest absolute Gasteiger partial charge is 0.249 e. The fourth-order valence-corrected chi connectivity index (χ4v) is 1.01. The van der Waals surface area contributed by atoms with Gasteiger partial charge >= 0.3 is 0 Å². The highest BCUT2D eigenvalue weighted by molar-refractivity contribution is 7.98. The number of hydrogen-bond donors (Lipinski definition) is 2. The Morgan fingerprint density at radius 2 is 2.55 bits per heavy atom. The first-order chi connectivity index (χ1) is 5.22. The molecule has 0 aliphatic heterocycles. The third-order valence-corrected chi connectivity index (χ3v) is 1.79. The van der Waals surface area contributed by atoms with Crippen LogP contribution in [0.25, 0.3) is 0 Å². The van der Waals surface area contributed by atoms with E-state index >= 15 is 0 Å². The number of nitriles is 1. The number of nitrogens with one attached hydrogen (secondary N) is 1. The maximum atomic E-state index is 10.8. The van der Waals surface area contributed by atoms with Gasteiger partial charge < -0.3 is 5.73 Å². The van der Waals surface area contributed by atoms with Crippen molar-refractivity contribution in [3.63, 3.8) is 0 Å². The molecule has 0 aromatic carbocycles. The molecule has 0 rings (SSSR count). The van der Waals surface area contributed by atoms with E-state index in [9.17, 15) is 4.79 Å². The standard InChI is InChI=1S/C6H11N3OS/c1-11-3-2-5(8)6(10)9-4-7/h5H,2-3,8H2,1H3,(H,9,10)/t5-/m0/s1. The Morgan fingerprint density at radius 3 is 3.00 bits per heavy atom. The van der Waals surface area contributed by atoms with Gasteiger partial charge in [-0.2, -0.15) is 17.0 Å². The van der Waals surface area contributed by atoms with E-state index in [4.69, 9.17) is 11.0 Å². The molecule has 0 aliphatic carbocycles. The average Bonchev–Trinajstić information content (AvgIpc) is 2.00. The number of rotatable bonds is 4. The van der Waals surface area contributed by atoms with E-state index in [1.165, 1.54) is 6.19 Å². The summed E-state index contributed by atoms with van der Waals surface area (Å²) < 4.78 is 0. The van der Waals surface area contributed by atoms with Gasteiger partial charge in [-0.3, -0.25) is 10.1 Å². The van der Waals surface area contributed by atoms with Gasteiger partial charge in [-0.15, -0.1) is 0 Å². The maximum absolute atomic E-state index is 10.8. The first kappa shape index (κ1) is 10.3. The Bertz CT molecular complexity index is 166. The molecule has 1 amide bonds. The first-order valence-corrected chi connectivity index (χ1v) is 4.55. The Hall–Kier alpha value is -0.730. The zero-order chi connectivity index (χ0) is 8.69. The Labute approximate surface area is 70.1 Å². The predicted octanol–water partition coefficient (Wildman–Crippen LogP) is -0.336. The highest BCUT2D eigenvalue weighted by Gasteiger charge is 2.11. The lowest BCUT2D eigenvalue weighted by Gasteiger charge is -2.06. The third-order valence-electron chi connectivity index (χ3n) is 1.15. The Morgan fingerprint density at radius 1 is 1.91 bits per heavy atom. The van der Waals surface area contributed by atoms with Crippen LogP contribution in [-0.4, -0.2) is 24.0 Å². The van der Waals surface area contributed by atoms with Gasteiger partial charge in [0, 0.05) is 0 Å². The van der Waals surface area contributed by atoms with Crippen LogP contribution in [0.4, 0.5) is 0 Å². The number of nitrogens with zero attached hydrogens (tertiary/aromatic N) is 1. The number of carbonyl (C=O) groups is 1. The summed E-state index contributed by atoms with van der Waals surface area (Å²) in [6.45, 7) is 0. The van der Waals surface area contributed by atoms with Crippen molar-refractivity contribution in [3.8, 4) is 6.19 Å². The van der Waals surface area contributed by atoms with E-state index in [0.29, 0.717) is 6.42 Å². The number of carbonyl (C=O) groups excluding carboxylic acids is 1. The minimum absolute atomic E-state index is 0.401. The molecule has 0 spiro atoms.